The van der Waals surface area contributed by atoms with Gasteiger partial charge in [0.05, 0.1) is 19.8 Å². The second kappa shape index (κ2) is 10.8. The first-order chi connectivity index (χ1) is 8.14. The average molecular weight is 329 g/mol. The van der Waals surface area contributed by atoms with E-state index in [-0.39, 0.29) is 37.5 Å². The van der Waals surface area contributed by atoms with Crippen molar-refractivity contribution < 1.29 is 18.7 Å². The van der Waals surface area contributed by atoms with E-state index < -0.39 is 7.75 Å². The highest BCUT2D eigenvalue weighted by atomic mass is 35.5. The number of hydrogen-bond donors (Lipinski definition) is 1. The van der Waals surface area contributed by atoms with Crippen LogP contribution in [0.15, 0.2) is 0 Å². The number of hydrogen-bond acceptors (Lipinski definition) is 4. The van der Waals surface area contributed by atoms with Crippen LogP contribution in [0.1, 0.15) is 0 Å². The Morgan fingerprint density at radius 1 is 1.00 bits per heavy atom. The van der Waals surface area contributed by atoms with E-state index in [2.05, 4.69) is 0 Å². The van der Waals surface area contributed by atoms with Crippen LogP contribution < -0.4 is 0 Å². The van der Waals surface area contributed by atoms with Gasteiger partial charge >= 0.3 is 7.75 Å². The maximum Gasteiger partial charge on any atom is 0.408 e. The van der Waals surface area contributed by atoms with Gasteiger partial charge in [-0.25, -0.2) is 9.24 Å². The highest BCUT2D eigenvalue weighted by molar-refractivity contribution is 7.51. The smallest absolute Gasteiger partial charge is 0.394 e. The highest BCUT2D eigenvalue weighted by Gasteiger charge is 2.32. The van der Waals surface area contributed by atoms with Crippen molar-refractivity contribution in [1.29, 1.82) is 0 Å². The highest BCUT2D eigenvalue weighted by Crippen LogP contribution is 2.51. The molecule has 0 saturated heterocycles. The molecule has 104 valence electrons. The number of halogens is 3. The van der Waals surface area contributed by atoms with Crippen molar-refractivity contribution in [2.75, 3.05) is 50.6 Å². The quantitative estimate of drug-likeness (QED) is 0.465. The minimum atomic E-state index is -3.48. The first kappa shape index (κ1) is 17.9. The number of alkyl halides is 3. The van der Waals surface area contributed by atoms with Gasteiger partial charge in [-0.05, 0) is 0 Å². The summed E-state index contributed by atoms with van der Waals surface area (Å²) in [5.74, 6) is 0.739. The summed E-state index contributed by atoms with van der Waals surface area (Å²) in [6, 6.07) is 0. The zero-order valence-electron chi connectivity index (χ0n) is 9.36. The van der Waals surface area contributed by atoms with Crippen LogP contribution in [-0.2, 0) is 13.6 Å². The molecular weight excluding hydrogens is 311 g/mol. The van der Waals surface area contributed by atoms with Gasteiger partial charge in [0.1, 0.15) is 0 Å². The molecule has 0 spiro atoms. The SMILES string of the molecule is O=P(OCCO)(OCCCl)N(CCCl)CCCl. The van der Waals surface area contributed by atoms with Gasteiger partial charge in [0.25, 0.3) is 0 Å². The van der Waals surface area contributed by atoms with E-state index >= 15 is 0 Å². The Labute approximate surface area is 117 Å². The normalized spacial score (nSPS) is 15.1. The standard InChI is InChI=1S/C8H17Cl3NO4P/c9-1-4-12(5-2-10)17(14,15-7-3-11)16-8-6-13/h13H,1-8H2. The van der Waals surface area contributed by atoms with Gasteiger partial charge in [-0.1, -0.05) is 0 Å². The minimum absolute atomic E-state index is 0.0827. The maximum atomic E-state index is 12.4. The second-order valence-electron chi connectivity index (χ2n) is 2.88. The van der Waals surface area contributed by atoms with Crippen LogP contribution in [0, 0.1) is 0 Å². The summed E-state index contributed by atoms with van der Waals surface area (Å²) in [5.41, 5.74) is 0. The molecule has 1 atom stereocenters. The number of aliphatic hydroxyl groups excluding tert-OH is 1. The van der Waals surface area contributed by atoms with Crippen LogP contribution >= 0.6 is 42.5 Å². The van der Waals surface area contributed by atoms with Gasteiger partial charge < -0.3 is 5.11 Å². The predicted molar refractivity (Wildman–Crippen MR) is 70.3 cm³/mol. The van der Waals surface area contributed by atoms with Crippen molar-refractivity contribution in [3.8, 4) is 0 Å². The zero-order valence-corrected chi connectivity index (χ0v) is 12.5. The monoisotopic (exact) mass is 327 g/mol. The molecule has 1 N–H and O–H groups in total. The average Bonchev–Trinajstić information content (AvgIpc) is 2.33. The first-order valence-corrected chi connectivity index (χ1v) is 8.17. The van der Waals surface area contributed by atoms with Crippen LogP contribution in [0.4, 0.5) is 0 Å². The summed E-state index contributed by atoms with van der Waals surface area (Å²) in [6.45, 7) is 0.397. The molecule has 0 aliphatic rings. The van der Waals surface area contributed by atoms with Gasteiger partial charge in [-0.2, -0.15) is 0 Å². The van der Waals surface area contributed by atoms with E-state index in [1.54, 1.807) is 0 Å². The first-order valence-electron chi connectivity index (χ1n) is 5.08. The van der Waals surface area contributed by atoms with Gasteiger partial charge in [0, 0.05) is 30.7 Å². The van der Waals surface area contributed by atoms with Crippen LogP contribution in [0.2, 0.25) is 0 Å². The lowest BCUT2D eigenvalue weighted by Gasteiger charge is -2.28. The Morgan fingerprint density at radius 3 is 1.94 bits per heavy atom. The van der Waals surface area contributed by atoms with Crippen molar-refractivity contribution in [3.05, 3.63) is 0 Å². The molecule has 0 saturated carbocycles. The summed E-state index contributed by atoms with van der Waals surface area (Å²) >= 11 is 16.7. The Morgan fingerprint density at radius 2 is 1.53 bits per heavy atom. The molecule has 0 heterocycles. The second-order valence-corrected chi connectivity index (χ2v) is 6.03. The fraction of sp³-hybridized carbons (Fsp3) is 1.00. The Kier molecular flexibility index (Phi) is 11.4. The van der Waals surface area contributed by atoms with Crippen LogP contribution in [-0.4, -0.2) is 60.3 Å². The predicted octanol–water partition coefficient (Wildman–Crippen LogP) is 2.14. The molecule has 0 amide bonds. The third-order valence-electron chi connectivity index (χ3n) is 1.71. The third kappa shape index (κ3) is 7.19. The number of rotatable bonds is 11. The zero-order chi connectivity index (χ0) is 13.1. The number of aliphatic hydroxyl groups is 1. The van der Waals surface area contributed by atoms with Gasteiger partial charge in [0.15, 0.2) is 0 Å². The molecule has 0 aromatic carbocycles. The third-order valence-corrected chi connectivity index (χ3v) is 4.31. The molecule has 0 aliphatic heterocycles. The van der Waals surface area contributed by atoms with Crippen LogP contribution in [0.25, 0.3) is 0 Å². The summed E-state index contributed by atoms with van der Waals surface area (Å²) in [6.07, 6.45) is 0. The minimum Gasteiger partial charge on any atom is -0.394 e. The van der Waals surface area contributed by atoms with E-state index in [9.17, 15) is 4.57 Å². The molecule has 0 aliphatic carbocycles. The van der Waals surface area contributed by atoms with Crippen molar-refractivity contribution >= 4 is 42.5 Å². The van der Waals surface area contributed by atoms with Gasteiger partial charge in [0.2, 0.25) is 0 Å². The molecular formula is C8H17Cl3NO4P. The van der Waals surface area contributed by atoms with E-state index in [1.165, 1.54) is 4.67 Å². The van der Waals surface area contributed by atoms with E-state index in [1.807, 2.05) is 0 Å². The van der Waals surface area contributed by atoms with Crippen LogP contribution in [0.3, 0.4) is 0 Å². The van der Waals surface area contributed by atoms with E-state index in [4.69, 9.17) is 49.0 Å². The van der Waals surface area contributed by atoms with Crippen molar-refractivity contribution in [3.63, 3.8) is 0 Å². The topological polar surface area (TPSA) is 59.0 Å². The number of nitrogens with zero attached hydrogens (tertiary/aromatic N) is 1. The van der Waals surface area contributed by atoms with Crippen molar-refractivity contribution in [2.45, 2.75) is 0 Å². The fourth-order valence-electron chi connectivity index (χ4n) is 1.06. The molecule has 0 radical (unpaired) electrons. The molecule has 1 unspecified atom stereocenters. The molecule has 0 bridgehead atoms. The molecule has 0 fully saturated rings. The summed E-state index contributed by atoms with van der Waals surface area (Å²) < 4.78 is 24.1. The van der Waals surface area contributed by atoms with Crippen LogP contribution in [0.5, 0.6) is 0 Å². The summed E-state index contributed by atoms with van der Waals surface area (Å²) in [5, 5.41) is 8.70. The van der Waals surface area contributed by atoms with Crippen molar-refractivity contribution in [1.82, 2.24) is 4.67 Å². The van der Waals surface area contributed by atoms with Crippen molar-refractivity contribution in [2.24, 2.45) is 0 Å². The molecule has 17 heavy (non-hydrogen) atoms. The lowest BCUT2D eigenvalue weighted by Crippen LogP contribution is -2.28. The largest absolute Gasteiger partial charge is 0.408 e. The Hall–Kier alpha value is 0.940. The van der Waals surface area contributed by atoms with Gasteiger partial charge in [-0.15, -0.1) is 34.8 Å². The Bertz CT molecular complexity index is 217. The molecule has 0 aromatic rings. The summed E-state index contributed by atoms with van der Waals surface area (Å²) in [7, 11) is -3.48. The molecule has 0 aromatic heterocycles. The molecule has 5 nitrogen and oxygen atoms in total. The Balaban J connectivity index is 4.62. The lowest BCUT2D eigenvalue weighted by molar-refractivity contribution is 0.136. The van der Waals surface area contributed by atoms with Gasteiger partial charge in [-0.3, -0.25) is 9.05 Å². The fourth-order valence-corrected chi connectivity index (χ4v) is 3.61. The van der Waals surface area contributed by atoms with E-state index in [0.717, 1.165) is 0 Å². The summed E-state index contributed by atoms with van der Waals surface area (Å²) in [4.78, 5) is 0. The molecule has 9 heteroatoms. The maximum absolute atomic E-state index is 12.4. The lowest BCUT2D eigenvalue weighted by atomic mass is 10.6. The van der Waals surface area contributed by atoms with E-state index in [0.29, 0.717) is 13.1 Å². The molecule has 0 rings (SSSR count).